The SMILES string of the molecule is COc1ccc(S(=O)(=O)N2CCC(C)CC2)cc1C(=O)N1CCCC1. The maximum atomic E-state index is 12.9. The number of piperidine rings is 1. The lowest BCUT2D eigenvalue weighted by Gasteiger charge is -2.29. The van der Waals surface area contributed by atoms with Crippen LogP contribution in [0, 0.1) is 5.92 Å². The summed E-state index contributed by atoms with van der Waals surface area (Å²) in [7, 11) is -2.09. The van der Waals surface area contributed by atoms with Gasteiger partial charge in [-0.3, -0.25) is 4.79 Å². The summed E-state index contributed by atoms with van der Waals surface area (Å²) < 4.78 is 32.7. The minimum atomic E-state index is -3.58. The molecule has 0 radical (unpaired) electrons. The molecule has 0 aromatic heterocycles. The maximum absolute atomic E-state index is 12.9. The van der Waals surface area contributed by atoms with Crippen molar-refractivity contribution in [2.24, 2.45) is 5.92 Å². The molecule has 25 heavy (non-hydrogen) atoms. The van der Waals surface area contributed by atoms with E-state index in [0.717, 1.165) is 25.7 Å². The van der Waals surface area contributed by atoms with E-state index in [0.29, 0.717) is 43.4 Å². The average Bonchev–Trinajstić information content (AvgIpc) is 3.15. The van der Waals surface area contributed by atoms with Crippen LogP contribution in [0.3, 0.4) is 0 Å². The van der Waals surface area contributed by atoms with Gasteiger partial charge in [0.15, 0.2) is 0 Å². The van der Waals surface area contributed by atoms with Gasteiger partial charge < -0.3 is 9.64 Å². The second-order valence-electron chi connectivity index (χ2n) is 6.95. The number of ether oxygens (including phenoxy) is 1. The molecule has 7 heteroatoms. The number of sulfonamides is 1. The van der Waals surface area contributed by atoms with Crippen molar-refractivity contribution in [3.05, 3.63) is 23.8 Å². The summed E-state index contributed by atoms with van der Waals surface area (Å²) in [6, 6.07) is 4.60. The third-order valence-corrected chi connectivity index (χ3v) is 7.07. The molecule has 0 saturated carbocycles. The van der Waals surface area contributed by atoms with Crippen molar-refractivity contribution >= 4 is 15.9 Å². The van der Waals surface area contributed by atoms with E-state index in [-0.39, 0.29) is 10.8 Å². The highest BCUT2D eigenvalue weighted by Gasteiger charge is 2.30. The summed E-state index contributed by atoms with van der Waals surface area (Å²) in [5, 5.41) is 0. The van der Waals surface area contributed by atoms with Crippen LogP contribution in [0.5, 0.6) is 5.75 Å². The Kier molecular flexibility index (Phi) is 5.34. The summed E-state index contributed by atoms with van der Waals surface area (Å²) in [4.78, 5) is 14.7. The molecule has 2 saturated heterocycles. The van der Waals surface area contributed by atoms with Crippen LogP contribution in [0.25, 0.3) is 0 Å². The fourth-order valence-corrected chi connectivity index (χ4v) is 4.98. The highest BCUT2D eigenvalue weighted by molar-refractivity contribution is 7.89. The molecular formula is C18H26N2O4S. The molecule has 2 heterocycles. The zero-order valence-corrected chi connectivity index (χ0v) is 15.7. The normalized spacial score (nSPS) is 20.0. The van der Waals surface area contributed by atoms with Gasteiger partial charge in [-0.05, 0) is 49.8 Å². The number of nitrogens with zero attached hydrogens (tertiary/aromatic N) is 2. The predicted molar refractivity (Wildman–Crippen MR) is 95.3 cm³/mol. The molecule has 2 aliphatic rings. The Morgan fingerprint density at radius 3 is 2.36 bits per heavy atom. The van der Waals surface area contributed by atoms with Crippen molar-refractivity contribution in [3.8, 4) is 5.75 Å². The summed E-state index contributed by atoms with van der Waals surface area (Å²) >= 11 is 0. The molecule has 0 unspecified atom stereocenters. The van der Waals surface area contributed by atoms with E-state index in [4.69, 9.17) is 4.74 Å². The number of amides is 1. The van der Waals surface area contributed by atoms with Gasteiger partial charge in [-0.1, -0.05) is 6.92 Å². The number of rotatable bonds is 4. The lowest BCUT2D eigenvalue weighted by molar-refractivity contribution is 0.0789. The molecule has 0 spiro atoms. The molecule has 2 aliphatic heterocycles. The van der Waals surface area contributed by atoms with Gasteiger partial charge in [0.05, 0.1) is 17.6 Å². The molecule has 1 aromatic carbocycles. The number of carbonyl (C=O) groups is 1. The van der Waals surface area contributed by atoms with Gasteiger partial charge in [0.2, 0.25) is 10.0 Å². The van der Waals surface area contributed by atoms with E-state index in [1.807, 2.05) is 0 Å². The monoisotopic (exact) mass is 366 g/mol. The number of hydrogen-bond donors (Lipinski definition) is 0. The Labute approximate surface area is 149 Å². The molecule has 138 valence electrons. The first-order valence-electron chi connectivity index (χ1n) is 8.91. The molecule has 0 N–H and O–H groups in total. The second kappa shape index (κ2) is 7.33. The Morgan fingerprint density at radius 1 is 1.12 bits per heavy atom. The number of methoxy groups -OCH3 is 1. The molecule has 3 rings (SSSR count). The summed E-state index contributed by atoms with van der Waals surface area (Å²) in [6.45, 7) is 4.63. The van der Waals surface area contributed by atoms with Crippen LogP contribution in [0.2, 0.25) is 0 Å². The zero-order valence-electron chi connectivity index (χ0n) is 14.9. The first kappa shape index (κ1) is 18.2. The quantitative estimate of drug-likeness (QED) is 0.820. The Morgan fingerprint density at radius 2 is 1.76 bits per heavy atom. The summed E-state index contributed by atoms with van der Waals surface area (Å²) in [6.07, 6.45) is 3.71. The number of hydrogen-bond acceptors (Lipinski definition) is 4. The molecule has 6 nitrogen and oxygen atoms in total. The topological polar surface area (TPSA) is 66.9 Å². The summed E-state index contributed by atoms with van der Waals surface area (Å²) in [5.41, 5.74) is 0.329. The van der Waals surface area contributed by atoms with Crippen molar-refractivity contribution in [1.29, 1.82) is 0 Å². The molecule has 0 bridgehead atoms. The molecule has 2 fully saturated rings. The number of likely N-dealkylation sites (tertiary alicyclic amines) is 1. The highest BCUT2D eigenvalue weighted by atomic mass is 32.2. The molecular weight excluding hydrogens is 340 g/mol. The zero-order chi connectivity index (χ0) is 18.0. The van der Waals surface area contributed by atoms with Crippen molar-refractivity contribution in [3.63, 3.8) is 0 Å². The highest BCUT2D eigenvalue weighted by Crippen LogP contribution is 2.29. The van der Waals surface area contributed by atoms with Gasteiger partial charge in [-0.2, -0.15) is 4.31 Å². The van der Waals surface area contributed by atoms with E-state index in [2.05, 4.69) is 6.92 Å². The van der Waals surface area contributed by atoms with Gasteiger partial charge in [0.25, 0.3) is 5.91 Å². The van der Waals surface area contributed by atoms with Gasteiger partial charge >= 0.3 is 0 Å². The minimum Gasteiger partial charge on any atom is -0.496 e. The van der Waals surface area contributed by atoms with Crippen LogP contribution in [-0.2, 0) is 10.0 Å². The van der Waals surface area contributed by atoms with Crippen molar-refractivity contribution < 1.29 is 17.9 Å². The minimum absolute atomic E-state index is 0.154. The van der Waals surface area contributed by atoms with E-state index in [1.54, 1.807) is 11.0 Å². The lowest BCUT2D eigenvalue weighted by atomic mass is 10.0. The third kappa shape index (κ3) is 3.67. The molecule has 0 aliphatic carbocycles. The molecule has 1 amide bonds. The van der Waals surface area contributed by atoms with Crippen molar-refractivity contribution in [1.82, 2.24) is 9.21 Å². The third-order valence-electron chi connectivity index (χ3n) is 5.18. The average molecular weight is 366 g/mol. The summed E-state index contributed by atoms with van der Waals surface area (Å²) in [5.74, 6) is 0.816. The van der Waals surface area contributed by atoms with Gasteiger partial charge in [-0.15, -0.1) is 0 Å². The second-order valence-corrected chi connectivity index (χ2v) is 8.89. The first-order chi connectivity index (χ1) is 11.9. The Bertz CT molecular complexity index is 733. The van der Waals surface area contributed by atoms with Crippen molar-refractivity contribution in [2.45, 2.75) is 37.5 Å². The first-order valence-corrected chi connectivity index (χ1v) is 10.3. The van der Waals surface area contributed by atoms with Gasteiger partial charge in [-0.25, -0.2) is 8.42 Å². The van der Waals surface area contributed by atoms with E-state index in [9.17, 15) is 13.2 Å². The van der Waals surface area contributed by atoms with E-state index < -0.39 is 10.0 Å². The predicted octanol–water partition coefficient (Wildman–Crippen LogP) is 2.35. The van der Waals surface area contributed by atoms with Crippen LogP contribution in [0.4, 0.5) is 0 Å². The van der Waals surface area contributed by atoms with Crippen LogP contribution >= 0.6 is 0 Å². The standard InChI is InChI=1S/C18H26N2O4S/c1-14-7-11-20(12-8-14)25(22,23)15-5-6-17(24-2)16(13-15)18(21)19-9-3-4-10-19/h5-6,13-14H,3-4,7-12H2,1-2H3. The largest absolute Gasteiger partial charge is 0.496 e. The Hall–Kier alpha value is -1.60. The lowest BCUT2D eigenvalue weighted by Crippen LogP contribution is -2.38. The fourth-order valence-electron chi connectivity index (χ4n) is 3.48. The van der Waals surface area contributed by atoms with Gasteiger partial charge in [0, 0.05) is 26.2 Å². The van der Waals surface area contributed by atoms with Crippen LogP contribution < -0.4 is 4.74 Å². The smallest absolute Gasteiger partial charge is 0.257 e. The Balaban J connectivity index is 1.91. The number of benzene rings is 1. The van der Waals surface area contributed by atoms with Crippen LogP contribution in [0.15, 0.2) is 23.1 Å². The molecule has 0 atom stereocenters. The van der Waals surface area contributed by atoms with E-state index >= 15 is 0 Å². The molecule has 1 aromatic rings. The van der Waals surface area contributed by atoms with Crippen LogP contribution in [-0.4, -0.2) is 56.8 Å². The van der Waals surface area contributed by atoms with Crippen LogP contribution in [0.1, 0.15) is 43.0 Å². The number of carbonyl (C=O) groups excluding carboxylic acids is 1. The maximum Gasteiger partial charge on any atom is 0.257 e. The van der Waals surface area contributed by atoms with Crippen molar-refractivity contribution in [2.75, 3.05) is 33.3 Å². The van der Waals surface area contributed by atoms with E-state index in [1.165, 1.54) is 23.5 Å². The van der Waals surface area contributed by atoms with Gasteiger partial charge in [0.1, 0.15) is 5.75 Å². The fraction of sp³-hybridized carbons (Fsp3) is 0.611.